The summed E-state index contributed by atoms with van der Waals surface area (Å²) >= 11 is 0. The summed E-state index contributed by atoms with van der Waals surface area (Å²) in [7, 11) is 1.42. The molecular formula is C20H27F3N4O3. The van der Waals surface area contributed by atoms with Crippen molar-refractivity contribution in [1.29, 1.82) is 0 Å². The number of nitrogens with one attached hydrogen (secondary N) is 1. The first-order valence-electron chi connectivity index (χ1n) is 10.3. The number of nitrogens with zero attached hydrogens (tertiary/aromatic N) is 2. The molecule has 4 atom stereocenters. The topological polar surface area (TPSA) is 93.3 Å². The number of H-pyrrole nitrogens is 1. The summed E-state index contributed by atoms with van der Waals surface area (Å²) < 4.78 is 48.2. The van der Waals surface area contributed by atoms with E-state index in [0.717, 1.165) is 12.8 Å². The number of halogens is 3. The van der Waals surface area contributed by atoms with Crippen LogP contribution in [0, 0.1) is 5.92 Å². The van der Waals surface area contributed by atoms with Gasteiger partial charge in [0.25, 0.3) is 5.56 Å². The second-order valence-electron chi connectivity index (χ2n) is 8.53. The fourth-order valence-corrected chi connectivity index (χ4v) is 4.93. The van der Waals surface area contributed by atoms with E-state index in [2.05, 4.69) is 4.98 Å². The van der Waals surface area contributed by atoms with Crippen LogP contribution in [0.5, 0.6) is 0 Å². The maximum atomic E-state index is 15.5. The molecular weight excluding hydrogens is 401 g/mol. The van der Waals surface area contributed by atoms with Gasteiger partial charge in [-0.1, -0.05) is 0 Å². The summed E-state index contributed by atoms with van der Waals surface area (Å²) in [5, 5.41) is 0. The number of hydrogen-bond donors (Lipinski definition) is 2. The first-order chi connectivity index (χ1) is 14.2. The molecule has 4 rings (SSSR count). The Kier molecular flexibility index (Phi) is 5.67. The van der Waals surface area contributed by atoms with Gasteiger partial charge in [-0.3, -0.25) is 19.2 Å². The van der Waals surface area contributed by atoms with Crippen LogP contribution in [0.4, 0.5) is 13.2 Å². The van der Waals surface area contributed by atoms with Gasteiger partial charge >= 0.3 is 5.69 Å². The molecule has 1 saturated carbocycles. The normalized spacial score (nSPS) is 28.3. The lowest BCUT2D eigenvalue weighted by molar-refractivity contribution is 0.0175. The third-order valence-electron chi connectivity index (χ3n) is 6.60. The minimum absolute atomic E-state index is 0.0406. The second-order valence-corrected chi connectivity index (χ2v) is 8.53. The van der Waals surface area contributed by atoms with Crippen LogP contribution in [0.15, 0.2) is 15.4 Å². The zero-order chi connectivity index (χ0) is 21.7. The standard InChI is InChI=1S/C20H27F3N4O3/c1-9-14-16(27(11-3-4-11)20(29)25-19(14)28)18(30-2)17(15(9)23)26-6-5-10(8-26)12(24)7-13(21)22/h10-13,17-18H,3-8,24H2,1-2H3,(H,25,28,29). The quantitative estimate of drug-likeness (QED) is 0.723. The van der Waals surface area contributed by atoms with Crippen LogP contribution in [-0.2, 0) is 4.74 Å². The maximum absolute atomic E-state index is 15.5. The zero-order valence-electron chi connectivity index (χ0n) is 17.0. The average Bonchev–Trinajstić information content (AvgIpc) is 3.38. The first kappa shape index (κ1) is 21.3. The molecule has 7 nitrogen and oxygen atoms in total. The maximum Gasteiger partial charge on any atom is 0.328 e. The van der Waals surface area contributed by atoms with E-state index in [9.17, 15) is 18.4 Å². The van der Waals surface area contributed by atoms with Gasteiger partial charge < -0.3 is 10.5 Å². The summed E-state index contributed by atoms with van der Waals surface area (Å²) in [6.07, 6.45) is -1.55. The summed E-state index contributed by atoms with van der Waals surface area (Å²) in [5.41, 5.74) is 5.54. The third kappa shape index (κ3) is 3.54. The largest absolute Gasteiger partial charge is 0.373 e. The fourth-order valence-electron chi connectivity index (χ4n) is 4.93. The van der Waals surface area contributed by atoms with Crippen molar-refractivity contribution in [1.82, 2.24) is 14.5 Å². The predicted molar refractivity (Wildman–Crippen MR) is 105 cm³/mol. The summed E-state index contributed by atoms with van der Waals surface area (Å²) in [6.45, 7) is 2.35. The van der Waals surface area contributed by atoms with Crippen LogP contribution in [0.3, 0.4) is 0 Å². The minimum Gasteiger partial charge on any atom is -0.373 e. The molecule has 1 saturated heterocycles. The molecule has 2 heterocycles. The summed E-state index contributed by atoms with van der Waals surface area (Å²) in [5.74, 6) is -0.681. The number of fused-ring (bicyclic) bond motifs is 1. The molecule has 0 aromatic carbocycles. The highest BCUT2D eigenvalue weighted by Gasteiger charge is 2.46. The van der Waals surface area contributed by atoms with Crippen molar-refractivity contribution in [3.63, 3.8) is 0 Å². The molecule has 0 spiro atoms. The molecule has 0 radical (unpaired) electrons. The molecule has 2 fully saturated rings. The second kappa shape index (κ2) is 7.97. The number of likely N-dealkylation sites (tertiary alicyclic amines) is 1. The number of allylic oxidation sites excluding steroid dienone is 1. The van der Waals surface area contributed by atoms with E-state index in [-0.39, 0.29) is 23.1 Å². The number of aromatic nitrogens is 2. The lowest BCUT2D eigenvalue weighted by Crippen LogP contribution is -2.47. The minimum atomic E-state index is -2.49. The number of rotatable bonds is 6. The molecule has 1 aromatic rings. The SMILES string of the molecule is COC1c2c(c(=O)[nH]c(=O)n2C2CC2)C(C)=C(F)C1N1CCC(C(N)CC(F)F)C1. The molecule has 3 aliphatic rings. The van der Waals surface area contributed by atoms with Crippen LogP contribution in [-0.4, -0.2) is 53.2 Å². The van der Waals surface area contributed by atoms with Gasteiger partial charge in [0, 0.05) is 32.2 Å². The Hall–Kier alpha value is -1.91. The monoisotopic (exact) mass is 428 g/mol. The molecule has 4 unspecified atom stereocenters. The van der Waals surface area contributed by atoms with Gasteiger partial charge in [0.1, 0.15) is 11.9 Å². The molecule has 10 heteroatoms. The Morgan fingerprint density at radius 1 is 1.27 bits per heavy atom. The molecule has 2 aliphatic carbocycles. The Morgan fingerprint density at radius 2 is 1.97 bits per heavy atom. The van der Waals surface area contributed by atoms with Crippen molar-refractivity contribution in [2.45, 2.75) is 63.3 Å². The van der Waals surface area contributed by atoms with E-state index in [4.69, 9.17) is 10.5 Å². The first-order valence-corrected chi connectivity index (χ1v) is 10.3. The molecule has 1 aromatic heterocycles. The van der Waals surface area contributed by atoms with Crippen molar-refractivity contribution in [2.75, 3.05) is 20.2 Å². The molecule has 0 amide bonds. The lowest BCUT2D eigenvalue weighted by atomic mass is 9.88. The zero-order valence-corrected chi connectivity index (χ0v) is 17.0. The number of aromatic amines is 1. The van der Waals surface area contributed by atoms with Crippen LogP contribution >= 0.6 is 0 Å². The lowest BCUT2D eigenvalue weighted by Gasteiger charge is -2.38. The average molecular weight is 428 g/mol. The fraction of sp³-hybridized carbons (Fsp3) is 0.700. The van der Waals surface area contributed by atoms with Crippen molar-refractivity contribution in [2.24, 2.45) is 11.7 Å². The Morgan fingerprint density at radius 3 is 2.57 bits per heavy atom. The van der Waals surface area contributed by atoms with E-state index < -0.39 is 48.1 Å². The predicted octanol–water partition coefficient (Wildman–Crippen LogP) is 1.95. The van der Waals surface area contributed by atoms with Crippen LogP contribution in [0.2, 0.25) is 0 Å². The van der Waals surface area contributed by atoms with Gasteiger partial charge in [0.05, 0.1) is 17.3 Å². The summed E-state index contributed by atoms with van der Waals surface area (Å²) in [6, 6.07) is -1.55. The number of hydrogen-bond acceptors (Lipinski definition) is 5. The van der Waals surface area contributed by atoms with Crippen molar-refractivity contribution >= 4 is 5.57 Å². The Bertz CT molecular complexity index is 969. The smallest absolute Gasteiger partial charge is 0.328 e. The van der Waals surface area contributed by atoms with E-state index in [1.165, 1.54) is 18.6 Å². The number of alkyl halides is 2. The van der Waals surface area contributed by atoms with Gasteiger partial charge in [-0.15, -0.1) is 0 Å². The van der Waals surface area contributed by atoms with Crippen molar-refractivity contribution in [3.05, 3.63) is 37.9 Å². The van der Waals surface area contributed by atoms with Gasteiger partial charge in [-0.25, -0.2) is 18.0 Å². The van der Waals surface area contributed by atoms with Gasteiger partial charge in [-0.05, 0) is 44.2 Å². The van der Waals surface area contributed by atoms with E-state index in [1.54, 1.807) is 0 Å². The van der Waals surface area contributed by atoms with Crippen LogP contribution in [0.1, 0.15) is 56.0 Å². The highest BCUT2D eigenvalue weighted by molar-refractivity contribution is 5.70. The van der Waals surface area contributed by atoms with Crippen LogP contribution < -0.4 is 17.0 Å². The number of nitrogens with two attached hydrogens (primary N) is 1. The van der Waals surface area contributed by atoms with E-state index in [0.29, 0.717) is 25.2 Å². The third-order valence-corrected chi connectivity index (χ3v) is 6.60. The van der Waals surface area contributed by atoms with E-state index in [1.807, 2.05) is 4.90 Å². The molecule has 1 aliphatic heterocycles. The van der Waals surface area contributed by atoms with Crippen LogP contribution in [0.25, 0.3) is 5.57 Å². The van der Waals surface area contributed by atoms with Gasteiger partial charge in [0.2, 0.25) is 6.43 Å². The van der Waals surface area contributed by atoms with Crippen molar-refractivity contribution in [3.8, 4) is 0 Å². The van der Waals surface area contributed by atoms with Gasteiger partial charge in [0.15, 0.2) is 0 Å². The Labute approximate surface area is 171 Å². The summed E-state index contributed by atoms with van der Waals surface area (Å²) in [4.78, 5) is 29.2. The van der Waals surface area contributed by atoms with Gasteiger partial charge in [-0.2, -0.15) is 0 Å². The highest BCUT2D eigenvalue weighted by atomic mass is 19.3. The number of ether oxygens (including phenoxy) is 1. The number of methoxy groups -OCH3 is 1. The molecule has 0 bridgehead atoms. The van der Waals surface area contributed by atoms with Crippen molar-refractivity contribution < 1.29 is 17.9 Å². The molecule has 3 N–H and O–H groups in total. The molecule has 30 heavy (non-hydrogen) atoms. The van der Waals surface area contributed by atoms with E-state index >= 15 is 4.39 Å². The molecule has 166 valence electrons. The highest BCUT2D eigenvalue weighted by Crippen LogP contribution is 2.45. The Balaban J connectivity index is 1.74.